The lowest BCUT2D eigenvalue weighted by atomic mass is 10.2. The first-order chi connectivity index (χ1) is 9.84. The van der Waals surface area contributed by atoms with E-state index >= 15 is 0 Å². The van der Waals surface area contributed by atoms with E-state index in [0.717, 1.165) is 17.4 Å². The molecule has 0 spiro atoms. The molecular formula is C12H12F3N3O2S. The van der Waals surface area contributed by atoms with Crippen molar-refractivity contribution in [1.29, 1.82) is 0 Å². The van der Waals surface area contributed by atoms with E-state index in [-0.39, 0.29) is 21.9 Å². The van der Waals surface area contributed by atoms with Crippen molar-refractivity contribution in [3.63, 3.8) is 0 Å². The number of alkyl halides is 3. The standard InChI is InChI=1S/C12H12F3N3O2S/c1-20-5-4-17-10(19)9-8(16)6-2-3-7(12(13,14)15)18-11(6)21-9/h2-3H,4-5,16H2,1H3,(H,17,19). The molecule has 2 rings (SSSR count). The third kappa shape index (κ3) is 3.24. The van der Waals surface area contributed by atoms with Gasteiger partial charge in [-0.1, -0.05) is 0 Å². The van der Waals surface area contributed by atoms with Gasteiger partial charge in [0.05, 0.1) is 12.3 Å². The minimum atomic E-state index is -4.53. The van der Waals surface area contributed by atoms with E-state index in [1.165, 1.54) is 13.2 Å². The van der Waals surface area contributed by atoms with Gasteiger partial charge < -0.3 is 15.8 Å². The number of aromatic nitrogens is 1. The molecule has 3 N–H and O–H groups in total. The predicted octanol–water partition coefficient (Wildman–Crippen LogP) is 2.27. The number of nitrogens with zero attached hydrogens (tertiary/aromatic N) is 1. The maximum atomic E-state index is 12.6. The molecule has 9 heteroatoms. The fraction of sp³-hybridized carbons (Fsp3) is 0.333. The number of carbonyl (C=O) groups is 1. The lowest BCUT2D eigenvalue weighted by Crippen LogP contribution is -2.26. The average Bonchev–Trinajstić information content (AvgIpc) is 2.75. The highest BCUT2D eigenvalue weighted by molar-refractivity contribution is 7.21. The normalized spacial score (nSPS) is 11.8. The number of thiophene rings is 1. The van der Waals surface area contributed by atoms with Gasteiger partial charge in [-0.3, -0.25) is 4.79 Å². The first kappa shape index (κ1) is 15.5. The highest BCUT2D eigenvalue weighted by Crippen LogP contribution is 2.35. The minimum Gasteiger partial charge on any atom is -0.397 e. The maximum Gasteiger partial charge on any atom is 0.433 e. The number of ether oxygens (including phenoxy) is 1. The molecule has 0 atom stereocenters. The number of rotatable bonds is 4. The van der Waals surface area contributed by atoms with E-state index in [4.69, 9.17) is 10.5 Å². The molecule has 0 saturated carbocycles. The zero-order valence-electron chi connectivity index (χ0n) is 11.0. The summed E-state index contributed by atoms with van der Waals surface area (Å²) in [6.07, 6.45) is -4.53. The van der Waals surface area contributed by atoms with E-state index < -0.39 is 17.8 Å². The lowest BCUT2D eigenvalue weighted by Gasteiger charge is -2.04. The van der Waals surface area contributed by atoms with Crippen LogP contribution >= 0.6 is 11.3 Å². The summed E-state index contributed by atoms with van der Waals surface area (Å²) in [5.74, 6) is -0.457. The number of halogens is 3. The molecule has 5 nitrogen and oxygen atoms in total. The van der Waals surface area contributed by atoms with E-state index in [9.17, 15) is 18.0 Å². The molecule has 21 heavy (non-hydrogen) atoms. The zero-order chi connectivity index (χ0) is 15.6. The number of hydrogen-bond acceptors (Lipinski definition) is 5. The number of pyridine rings is 1. The summed E-state index contributed by atoms with van der Waals surface area (Å²) in [5, 5.41) is 2.90. The molecule has 2 heterocycles. The van der Waals surface area contributed by atoms with Crippen molar-refractivity contribution >= 4 is 33.1 Å². The Morgan fingerprint density at radius 2 is 2.19 bits per heavy atom. The Labute approximate surface area is 121 Å². The molecule has 2 aromatic rings. The van der Waals surface area contributed by atoms with Gasteiger partial charge in [-0.2, -0.15) is 13.2 Å². The second kappa shape index (κ2) is 5.86. The second-order valence-electron chi connectivity index (χ2n) is 4.14. The smallest absolute Gasteiger partial charge is 0.397 e. The monoisotopic (exact) mass is 319 g/mol. The van der Waals surface area contributed by atoms with Gasteiger partial charge in [0.25, 0.3) is 5.91 Å². The second-order valence-corrected chi connectivity index (χ2v) is 5.14. The van der Waals surface area contributed by atoms with Crippen molar-refractivity contribution in [3.05, 3.63) is 22.7 Å². The minimum absolute atomic E-state index is 0.0826. The molecule has 0 bridgehead atoms. The first-order valence-electron chi connectivity index (χ1n) is 5.88. The number of hydrogen-bond donors (Lipinski definition) is 2. The fourth-order valence-electron chi connectivity index (χ4n) is 1.67. The number of methoxy groups -OCH3 is 1. The van der Waals surface area contributed by atoms with Crippen LogP contribution in [0.25, 0.3) is 10.2 Å². The highest BCUT2D eigenvalue weighted by Gasteiger charge is 2.33. The summed E-state index contributed by atoms with van der Waals surface area (Å²) in [5.41, 5.74) is 4.92. The van der Waals surface area contributed by atoms with Crippen molar-refractivity contribution in [1.82, 2.24) is 10.3 Å². The molecule has 0 fully saturated rings. The van der Waals surface area contributed by atoms with Gasteiger partial charge in [-0.05, 0) is 12.1 Å². The van der Waals surface area contributed by atoms with Gasteiger partial charge in [-0.25, -0.2) is 4.98 Å². The highest BCUT2D eigenvalue weighted by atomic mass is 32.1. The molecule has 0 radical (unpaired) electrons. The Bertz CT molecular complexity index is 670. The van der Waals surface area contributed by atoms with Crippen LogP contribution in [0.2, 0.25) is 0 Å². The van der Waals surface area contributed by atoms with Crippen LogP contribution in [0, 0.1) is 0 Å². The first-order valence-corrected chi connectivity index (χ1v) is 6.69. The molecule has 2 aromatic heterocycles. The molecule has 0 aromatic carbocycles. The van der Waals surface area contributed by atoms with Gasteiger partial charge >= 0.3 is 6.18 Å². The fourth-order valence-corrected chi connectivity index (χ4v) is 2.68. The molecule has 0 aliphatic rings. The summed E-state index contributed by atoms with van der Waals surface area (Å²) in [4.78, 5) is 15.7. The van der Waals surface area contributed by atoms with Crippen LogP contribution in [0.4, 0.5) is 18.9 Å². The summed E-state index contributed by atoms with van der Waals surface area (Å²) in [6, 6.07) is 2.07. The Morgan fingerprint density at radius 1 is 1.48 bits per heavy atom. The summed E-state index contributed by atoms with van der Waals surface area (Å²) < 4.78 is 42.6. The van der Waals surface area contributed by atoms with Crippen LogP contribution in [0.3, 0.4) is 0 Å². The van der Waals surface area contributed by atoms with Crippen LogP contribution in [-0.4, -0.2) is 31.2 Å². The number of nitrogens with one attached hydrogen (secondary N) is 1. The average molecular weight is 319 g/mol. The maximum absolute atomic E-state index is 12.6. The van der Waals surface area contributed by atoms with Crippen LogP contribution in [0.15, 0.2) is 12.1 Å². The third-order valence-corrected chi connectivity index (χ3v) is 3.80. The van der Waals surface area contributed by atoms with E-state index in [0.29, 0.717) is 12.0 Å². The Balaban J connectivity index is 2.34. The van der Waals surface area contributed by atoms with Gasteiger partial charge in [0.15, 0.2) is 0 Å². The Kier molecular flexibility index (Phi) is 4.33. The van der Waals surface area contributed by atoms with Gasteiger partial charge in [0.2, 0.25) is 0 Å². The van der Waals surface area contributed by atoms with E-state index in [1.807, 2.05) is 0 Å². The molecule has 1 amide bonds. The topological polar surface area (TPSA) is 77.2 Å². The van der Waals surface area contributed by atoms with E-state index in [2.05, 4.69) is 10.3 Å². The molecule has 0 unspecified atom stereocenters. The quantitative estimate of drug-likeness (QED) is 0.848. The molecule has 0 saturated heterocycles. The van der Waals surface area contributed by atoms with Crippen molar-refractivity contribution in [3.8, 4) is 0 Å². The van der Waals surface area contributed by atoms with Crippen molar-refractivity contribution < 1.29 is 22.7 Å². The molecule has 0 aliphatic heterocycles. The number of nitrogens with two attached hydrogens (primary N) is 1. The van der Waals surface area contributed by atoms with Crippen LogP contribution < -0.4 is 11.1 Å². The number of fused-ring (bicyclic) bond motifs is 1. The van der Waals surface area contributed by atoms with Crippen LogP contribution in [0.5, 0.6) is 0 Å². The number of nitrogen functional groups attached to an aromatic ring is 1. The SMILES string of the molecule is COCCNC(=O)c1sc2nc(C(F)(F)F)ccc2c1N. The van der Waals surface area contributed by atoms with Crippen molar-refractivity contribution in [2.24, 2.45) is 0 Å². The molecular weight excluding hydrogens is 307 g/mol. The number of anilines is 1. The van der Waals surface area contributed by atoms with Crippen LogP contribution in [-0.2, 0) is 10.9 Å². The summed E-state index contributed by atoms with van der Waals surface area (Å²) in [6.45, 7) is 0.608. The Hall–Kier alpha value is -1.87. The third-order valence-electron chi connectivity index (χ3n) is 2.68. The molecule has 114 valence electrons. The Morgan fingerprint density at radius 3 is 2.81 bits per heavy atom. The number of carbonyl (C=O) groups excluding carboxylic acids is 1. The van der Waals surface area contributed by atoms with Crippen molar-refractivity contribution in [2.75, 3.05) is 26.0 Å². The van der Waals surface area contributed by atoms with Gasteiger partial charge in [0, 0.05) is 19.0 Å². The largest absolute Gasteiger partial charge is 0.433 e. The zero-order valence-corrected chi connectivity index (χ0v) is 11.8. The summed E-state index contributed by atoms with van der Waals surface area (Å²) >= 11 is 0.831. The molecule has 0 aliphatic carbocycles. The summed E-state index contributed by atoms with van der Waals surface area (Å²) in [7, 11) is 1.49. The van der Waals surface area contributed by atoms with Crippen molar-refractivity contribution in [2.45, 2.75) is 6.18 Å². The van der Waals surface area contributed by atoms with Gasteiger partial charge in [-0.15, -0.1) is 11.3 Å². The van der Waals surface area contributed by atoms with Crippen LogP contribution in [0.1, 0.15) is 15.4 Å². The number of amides is 1. The predicted molar refractivity (Wildman–Crippen MR) is 73.2 cm³/mol. The van der Waals surface area contributed by atoms with E-state index in [1.54, 1.807) is 0 Å². The lowest BCUT2D eigenvalue weighted by molar-refractivity contribution is -0.140. The van der Waals surface area contributed by atoms with Gasteiger partial charge in [0.1, 0.15) is 15.4 Å².